The van der Waals surface area contributed by atoms with Crippen molar-refractivity contribution >= 4 is 5.69 Å². The summed E-state index contributed by atoms with van der Waals surface area (Å²) in [5, 5.41) is 17.1. The third-order valence-corrected chi connectivity index (χ3v) is 1.74. The SMILES string of the molecule is N#CCc1cc(N)c(C(F)F)nc1C#N. The van der Waals surface area contributed by atoms with Gasteiger partial charge in [0.2, 0.25) is 0 Å². The van der Waals surface area contributed by atoms with E-state index in [0.717, 1.165) is 0 Å². The molecule has 0 aromatic carbocycles. The molecular formula is C9H6F2N4. The summed E-state index contributed by atoms with van der Waals surface area (Å²) in [6.07, 6.45) is -2.91. The Kier molecular flexibility index (Phi) is 3.14. The van der Waals surface area contributed by atoms with E-state index < -0.39 is 12.1 Å². The third kappa shape index (κ3) is 2.18. The van der Waals surface area contributed by atoms with Crippen molar-refractivity contribution in [3.8, 4) is 12.1 Å². The van der Waals surface area contributed by atoms with Gasteiger partial charge in [0, 0.05) is 5.56 Å². The lowest BCUT2D eigenvalue weighted by Crippen LogP contribution is -2.04. The van der Waals surface area contributed by atoms with Gasteiger partial charge in [-0.05, 0) is 6.07 Å². The van der Waals surface area contributed by atoms with E-state index in [-0.39, 0.29) is 23.4 Å². The standard InChI is InChI=1S/C9H6F2N4/c10-9(11)8-6(14)3-5(1-2-12)7(4-13)15-8/h3,9H,1,14H2. The first-order valence-corrected chi connectivity index (χ1v) is 3.94. The van der Waals surface area contributed by atoms with Gasteiger partial charge in [-0.25, -0.2) is 13.8 Å². The minimum atomic E-state index is -2.83. The number of nitrogens with zero attached hydrogens (tertiary/aromatic N) is 3. The van der Waals surface area contributed by atoms with E-state index in [9.17, 15) is 8.78 Å². The quantitative estimate of drug-likeness (QED) is 0.798. The summed E-state index contributed by atoms with van der Waals surface area (Å²) < 4.78 is 24.7. The summed E-state index contributed by atoms with van der Waals surface area (Å²) in [4.78, 5) is 3.42. The number of hydrogen-bond acceptors (Lipinski definition) is 4. The Labute approximate surface area is 84.6 Å². The highest BCUT2D eigenvalue weighted by atomic mass is 19.3. The average Bonchev–Trinajstić information content (AvgIpc) is 2.18. The van der Waals surface area contributed by atoms with Gasteiger partial charge in [-0.2, -0.15) is 10.5 Å². The Morgan fingerprint density at radius 3 is 2.60 bits per heavy atom. The van der Waals surface area contributed by atoms with Crippen LogP contribution in [0.1, 0.15) is 23.4 Å². The summed E-state index contributed by atoms with van der Waals surface area (Å²) in [6.45, 7) is 0. The summed E-state index contributed by atoms with van der Waals surface area (Å²) in [5.41, 5.74) is 4.58. The highest BCUT2D eigenvalue weighted by Gasteiger charge is 2.16. The summed E-state index contributed by atoms with van der Waals surface area (Å²) >= 11 is 0. The van der Waals surface area contributed by atoms with E-state index in [1.165, 1.54) is 6.07 Å². The zero-order valence-corrected chi connectivity index (χ0v) is 7.54. The van der Waals surface area contributed by atoms with Crippen molar-refractivity contribution in [1.29, 1.82) is 10.5 Å². The highest BCUT2D eigenvalue weighted by molar-refractivity contribution is 5.50. The Bertz CT molecular complexity index is 456. The lowest BCUT2D eigenvalue weighted by molar-refractivity contribution is 0.147. The number of nitrogens with two attached hydrogens (primary N) is 1. The fourth-order valence-electron chi connectivity index (χ4n) is 1.08. The van der Waals surface area contributed by atoms with Gasteiger partial charge in [-0.3, -0.25) is 0 Å². The molecule has 0 saturated heterocycles. The molecule has 0 aliphatic heterocycles. The van der Waals surface area contributed by atoms with Gasteiger partial charge in [0.25, 0.3) is 6.43 Å². The van der Waals surface area contributed by atoms with Crippen molar-refractivity contribution in [2.24, 2.45) is 0 Å². The minimum absolute atomic E-state index is 0.0798. The largest absolute Gasteiger partial charge is 0.397 e. The molecular weight excluding hydrogens is 202 g/mol. The number of halogens is 2. The highest BCUT2D eigenvalue weighted by Crippen LogP contribution is 2.24. The van der Waals surface area contributed by atoms with Crippen LogP contribution in [-0.2, 0) is 6.42 Å². The molecule has 0 bridgehead atoms. The number of nitriles is 2. The van der Waals surface area contributed by atoms with Crippen LogP contribution in [-0.4, -0.2) is 4.98 Å². The molecule has 0 spiro atoms. The number of aromatic nitrogens is 1. The van der Waals surface area contributed by atoms with E-state index in [2.05, 4.69) is 4.98 Å². The molecule has 2 N–H and O–H groups in total. The topological polar surface area (TPSA) is 86.5 Å². The summed E-state index contributed by atoms with van der Waals surface area (Å²) in [7, 11) is 0. The van der Waals surface area contributed by atoms with Gasteiger partial charge < -0.3 is 5.73 Å². The molecule has 1 aromatic rings. The predicted molar refractivity (Wildman–Crippen MR) is 47.6 cm³/mol. The van der Waals surface area contributed by atoms with Gasteiger partial charge in [0.15, 0.2) is 0 Å². The Hall–Kier alpha value is -2.21. The second-order valence-corrected chi connectivity index (χ2v) is 2.72. The average molecular weight is 208 g/mol. The van der Waals surface area contributed by atoms with Crippen LogP contribution >= 0.6 is 0 Å². The number of alkyl halides is 2. The number of nitrogen functional groups attached to an aromatic ring is 1. The monoisotopic (exact) mass is 208 g/mol. The van der Waals surface area contributed by atoms with Crippen LogP contribution in [0.3, 0.4) is 0 Å². The van der Waals surface area contributed by atoms with Gasteiger partial charge in [-0.15, -0.1) is 0 Å². The molecule has 0 aliphatic carbocycles. The molecule has 1 rings (SSSR count). The molecule has 0 unspecified atom stereocenters. The maximum absolute atomic E-state index is 12.3. The van der Waals surface area contributed by atoms with Crippen LogP contribution < -0.4 is 5.73 Å². The first-order valence-electron chi connectivity index (χ1n) is 3.94. The molecule has 4 nitrogen and oxygen atoms in total. The second-order valence-electron chi connectivity index (χ2n) is 2.72. The fraction of sp³-hybridized carbons (Fsp3) is 0.222. The molecule has 0 saturated carbocycles. The second kappa shape index (κ2) is 4.34. The van der Waals surface area contributed by atoms with Crippen molar-refractivity contribution in [3.63, 3.8) is 0 Å². The molecule has 0 aliphatic rings. The molecule has 0 fully saturated rings. The number of pyridine rings is 1. The molecule has 0 atom stereocenters. The molecule has 0 amide bonds. The molecule has 76 valence electrons. The predicted octanol–water partition coefficient (Wildman–Crippen LogP) is 1.54. The number of hydrogen-bond donors (Lipinski definition) is 1. The van der Waals surface area contributed by atoms with Crippen LogP contribution in [0.4, 0.5) is 14.5 Å². The number of anilines is 1. The van der Waals surface area contributed by atoms with Crippen molar-refractivity contribution in [2.75, 3.05) is 5.73 Å². The molecule has 6 heteroatoms. The summed E-state index contributed by atoms with van der Waals surface area (Å²) in [6, 6.07) is 4.64. The zero-order valence-electron chi connectivity index (χ0n) is 7.54. The van der Waals surface area contributed by atoms with Crippen LogP contribution in [0.5, 0.6) is 0 Å². The fourth-order valence-corrected chi connectivity index (χ4v) is 1.08. The van der Waals surface area contributed by atoms with E-state index >= 15 is 0 Å². The lowest BCUT2D eigenvalue weighted by Gasteiger charge is -2.06. The zero-order chi connectivity index (χ0) is 11.4. The smallest absolute Gasteiger partial charge is 0.282 e. The third-order valence-electron chi connectivity index (χ3n) is 1.74. The lowest BCUT2D eigenvalue weighted by atomic mass is 10.1. The van der Waals surface area contributed by atoms with Gasteiger partial charge in [0.05, 0.1) is 18.2 Å². The maximum Gasteiger partial charge on any atom is 0.282 e. The van der Waals surface area contributed by atoms with Crippen LogP contribution in [0.2, 0.25) is 0 Å². The molecule has 1 aromatic heterocycles. The van der Waals surface area contributed by atoms with Crippen LogP contribution in [0.15, 0.2) is 6.07 Å². The first kappa shape index (κ1) is 10.9. The number of rotatable bonds is 2. The van der Waals surface area contributed by atoms with Crippen molar-refractivity contribution < 1.29 is 8.78 Å². The van der Waals surface area contributed by atoms with Gasteiger partial charge in [0.1, 0.15) is 17.5 Å². The Morgan fingerprint density at radius 1 is 1.47 bits per heavy atom. The normalized spacial score (nSPS) is 9.67. The van der Waals surface area contributed by atoms with Gasteiger partial charge in [-0.1, -0.05) is 0 Å². The van der Waals surface area contributed by atoms with Crippen LogP contribution in [0, 0.1) is 22.7 Å². The van der Waals surface area contributed by atoms with Crippen molar-refractivity contribution in [3.05, 3.63) is 23.0 Å². The Morgan fingerprint density at radius 2 is 2.13 bits per heavy atom. The van der Waals surface area contributed by atoms with Gasteiger partial charge >= 0.3 is 0 Å². The van der Waals surface area contributed by atoms with Crippen molar-refractivity contribution in [2.45, 2.75) is 12.8 Å². The van der Waals surface area contributed by atoms with E-state index in [4.69, 9.17) is 16.3 Å². The molecule has 0 radical (unpaired) electrons. The summed E-state index contributed by atoms with van der Waals surface area (Å²) in [5.74, 6) is 0. The van der Waals surface area contributed by atoms with E-state index in [1.807, 2.05) is 0 Å². The Balaban J connectivity index is 3.32. The van der Waals surface area contributed by atoms with Crippen molar-refractivity contribution in [1.82, 2.24) is 4.98 Å². The van der Waals surface area contributed by atoms with E-state index in [0.29, 0.717) is 0 Å². The molecule has 15 heavy (non-hydrogen) atoms. The first-order chi connectivity index (χ1) is 7.10. The molecule has 1 heterocycles. The minimum Gasteiger partial charge on any atom is -0.397 e. The van der Waals surface area contributed by atoms with Crippen LogP contribution in [0.25, 0.3) is 0 Å². The van der Waals surface area contributed by atoms with E-state index in [1.54, 1.807) is 12.1 Å². The maximum atomic E-state index is 12.3.